The highest BCUT2D eigenvalue weighted by atomic mass is 35.5. The van der Waals surface area contributed by atoms with Crippen LogP contribution in [0.4, 0.5) is 4.39 Å². The zero-order valence-electron chi connectivity index (χ0n) is 26.8. The Labute approximate surface area is 290 Å². The van der Waals surface area contributed by atoms with E-state index >= 15 is 0 Å². The predicted molar refractivity (Wildman–Crippen MR) is 189 cm³/mol. The van der Waals surface area contributed by atoms with Gasteiger partial charge in [-0.2, -0.15) is 0 Å². The van der Waals surface area contributed by atoms with Crippen molar-refractivity contribution >= 4 is 35.0 Å². The number of quaternary nitrogens is 1. The van der Waals surface area contributed by atoms with E-state index in [-0.39, 0.29) is 40.1 Å². The van der Waals surface area contributed by atoms with Crippen LogP contribution in [0.5, 0.6) is 5.75 Å². The molecule has 0 atom stereocenters. The van der Waals surface area contributed by atoms with Crippen molar-refractivity contribution in [1.29, 1.82) is 0 Å². The van der Waals surface area contributed by atoms with Gasteiger partial charge in [-0.05, 0) is 64.7 Å². The third kappa shape index (κ3) is 8.70. The summed E-state index contributed by atoms with van der Waals surface area (Å²) in [5.74, 6) is 4.93. The van der Waals surface area contributed by atoms with Gasteiger partial charge >= 0.3 is 5.91 Å². The Morgan fingerprint density at radius 2 is 1.44 bits per heavy atom. The van der Waals surface area contributed by atoms with Crippen molar-refractivity contribution in [3.63, 3.8) is 0 Å². The molecule has 0 saturated heterocycles. The normalized spacial score (nSPS) is 11.0. The van der Waals surface area contributed by atoms with Gasteiger partial charge in [0.1, 0.15) is 12.4 Å². The number of rotatable bonds is 9. The maximum Gasteiger partial charge on any atom is 0.345 e. The average Bonchev–Trinajstić information content (AvgIpc) is 3.08. The molecule has 0 aliphatic carbocycles. The number of ether oxygens (including phenoxy) is 1. The third-order valence-corrected chi connectivity index (χ3v) is 8.35. The number of amides is 2. The van der Waals surface area contributed by atoms with E-state index in [1.54, 1.807) is 29.2 Å². The number of methoxy groups -OCH3 is 1. The number of halogens is 3. The minimum absolute atomic E-state index is 0.0407. The molecule has 0 aromatic heterocycles. The molecule has 0 radical (unpaired) electrons. The molecule has 0 heterocycles. The lowest BCUT2D eigenvalue weighted by atomic mass is 10.0. The topological polar surface area (TPSA) is 46.6 Å². The van der Waals surface area contributed by atoms with Crippen LogP contribution in [0.1, 0.15) is 32.6 Å². The highest BCUT2D eigenvalue weighted by Crippen LogP contribution is 2.31. The summed E-state index contributed by atoms with van der Waals surface area (Å²) >= 11 is 12.7. The molecular weight excluding hydrogens is 646 g/mol. The number of carbonyl (C=O) groups excluding carboxylic acids is 2. The summed E-state index contributed by atoms with van der Waals surface area (Å²) < 4.78 is 19.3. The molecule has 0 aliphatic rings. The number of carbonyl (C=O) groups is 2. The van der Waals surface area contributed by atoms with Crippen molar-refractivity contribution in [3.8, 4) is 28.7 Å². The van der Waals surface area contributed by atoms with E-state index in [4.69, 9.17) is 27.9 Å². The molecule has 0 unspecified atom stereocenters. The van der Waals surface area contributed by atoms with E-state index in [9.17, 15) is 14.0 Å². The Morgan fingerprint density at radius 3 is 2.12 bits per heavy atom. The SMILES string of the molecule is COc1c(Cl)cc(C(=O)[N+](C)(C)Cc2ccccc2)cc1C#CC(=O)N(Cc1ccc(F)cc1)Cc1cccc(-c2ccc(Cl)cc2)c1. The molecule has 48 heavy (non-hydrogen) atoms. The first-order chi connectivity index (χ1) is 23.0. The van der Waals surface area contributed by atoms with Gasteiger partial charge in [-0.1, -0.05) is 102 Å². The lowest BCUT2D eigenvalue weighted by Crippen LogP contribution is -2.44. The summed E-state index contributed by atoms with van der Waals surface area (Å²) in [6.07, 6.45) is 0. The van der Waals surface area contributed by atoms with Crippen molar-refractivity contribution in [2.75, 3.05) is 21.2 Å². The second-order valence-electron chi connectivity index (χ2n) is 11.9. The monoisotopic (exact) mass is 679 g/mol. The summed E-state index contributed by atoms with van der Waals surface area (Å²) in [7, 11) is 5.12. The lowest BCUT2D eigenvalue weighted by molar-refractivity contribution is -0.821. The van der Waals surface area contributed by atoms with Crippen molar-refractivity contribution in [2.24, 2.45) is 0 Å². The van der Waals surface area contributed by atoms with E-state index in [1.807, 2.05) is 93.0 Å². The highest BCUT2D eigenvalue weighted by molar-refractivity contribution is 6.32. The van der Waals surface area contributed by atoms with Crippen molar-refractivity contribution in [1.82, 2.24) is 4.90 Å². The van der Waals surface area contributed by atoms with Crippen LogP contribution >= 0.6 is 23.2 Å². The zero-order valence-corrected chi connectivity index (χ0v) is 28.4. The first-order valence-electron chi connectivity index (χ1n) is 15.2. The Kier molecular flexibility index (Phi) is 11.0. The number of nitrogens with zero attached hydrogens (tertiary/aromatic N) is 2. The van der Waals surface area contributed by atoms with Gasteiger partial charge in [-0.15, -0.1) is 0 Å². The molecule has 0 bridgehead atoms. The van der Waals surface area contributed by atoms with Crippen LogP contribution in [0.3, 0.4) is 0 Å². The van der Waals surface area contributed by atoms with E-state index in [1.165, 1.54) is 19.2 Å². The Hall–Kier alpha value is -4.93. The molecule has 0 N–H and O–H groups in total. The smallest absolute Gasteiger partial charge is 0.345 e. The largest absolute Gasteiger partial charge is 0.494 e. The van der Waals surface area contributed by atoms with Crippen LogP contribution in [-0.4, -0.2) is 42.4 Å². The average molecular weight is 681 g/mol. The number of benzene rings is 5. The van der Waals surface area contributed by atoms with Crippen molar-refractivity contribution in [2.45, 2.75) is 19.6 Å². The standard InChI is InChI=1S/C40H34Cl2FN2O3/c1-45(2,27-29-8-5-4-6-9-29)40(47)34-23-33(39(48-3)37(42)24-34)16-21-38(46)44(25-28-12-19-36(43)20-13-28)26-30-10-7-11-32(22-30)31-14-17-35(41)18-15-31/h4-15,17-20,22-24H,25-27H2,1-3H3/q+1. The zero-order chi connectivity index (χ0) is 34.3. The van der Waals surface area contributed by atoms with Crippen LogP contribution in [0.2, 0.25) is 10.0 Å². The molecule has 5 nitrogen and oxygen atoms in total. The van der Waals surface area contributed by atoms with Gasteiger partial charge in [0.25, 0.3) is 5.91 Å². The maximum atomic E-state index is 13.8. The maximum absolute atomic E-state index is 13.8. The first kappa shape index (κ1) is 34.4. The Morgan fingerprint density at radius 1 is 0.771 bits per heavy atom. The van der Waals surface area contributed by atoms with Crippen LogP contribution in [0.25, 0.3) is 11.1 Å². The Bertz CT molecular complexity index is 1980. The van der Waals surface area contributed by atoms with E-state index in [0.29, 0.717) is 22.7 Å². The van der Waals surface area contributed by atoms with Gasteiger partial charge < -0.3 is 9.64 Å². The summed E-state index contributed by atoms with van der Waals surface area (Å²) in [5, 5.41) is 0.856. The van der Waals surface area contributed by atoms with E-state index in [0.717, 1.165) is 27.8 Å². The fraction of sp³-hybridized carbons (Fsp3) is 0.150. The van der Waals surface area contributed by atoms with Gasteiger partial charge in [0.2, 0.25) is 0 Å². The van der Waals surface area contributed by atoms with Gasteiger partial charge in [0.05, 0.1) is 37.4 Å². The molecule has 2 amide bonds. The van der Waals surface area contributed by atoms with Crippen LogP contribution < -0.4 is 4.74 Å². The van der Waals surface area contributed by atoms with E-state index < -0.39 is 5.91 Å². The lowest BCUT2D eigenvalue weighted by Gasteiger charge is -2.27. The van der Waals surface area contributed by atoms with E-state index in [2.05, 4.69) is 11.8 Å². The molecule has 8 heteroatoms. The second-order valence-corrected chi connectivity index (χ2v) is 12.8. The summed E-state index contributed by atoms with van der Waals surface area (Å²) in [4.78, 5) is 29.1. The summed E-state index contributed by atoms with van der Waals surface area (Å²) in [6.45, 7) is 0.912. The molecule has 0 spiro atoms. The van der Waals surface area contributed by atoms with Gasteiger partial charge in [0.15, 0.2) is 5.75 Å². The molecule has 5 aromatic carbocycles. The summed E-state index contributed by atoms with van der Waals surface area (Å²) in [6, 6.07) is 34.3. The fourth-order valence-corrected chi connectivity index (χ4v) is 5.82. The molecule has 0 aliphatic heterocycles. The number of hydrogen-bond donors (Lipinski definition) is 0. The first-order valence-corrected chi connectivity index (χ1v) is 16.0. The highest BCUT2D eigenvalue weighted by Gasteiger charge is 2.30. The van der Waals surface area contributed by atoms with Gasteiger partial charge in [-0.3, -0.25) is 9.28 Å². The quantitative estimate of drug-likeness (QED) is 0.116. The third-order valence-electron chi connectivity index (χ3n) is 7.82. The molecular formula is C40H34Cl2FN2O3+. The fourth-order valence-electron chi connectivity index (χ4n) is 5.40. The number of hydrogen-bond acceptors (Lipinski definition) is 3. The predicted octanol–water partition coefficient (Wildman–Crippen LogP) is 8.81. The van der Waals surface area contributed by atoms with Crippen LogP contribution in [-0.2, 0) is 24.4 Å². The minimum atomic E-state index is -0.466. The molecule has 0 fully saturated rings. The summed E-state index contributed by atoms with van der Waals surface area (Å²) in [5.41, 5.74) is 5.26. The van der Waals surface area contributed by atoms with Crippen LogP contribution in [0.15, 0.2) is 115 Å². The molecule has 0 saturated carbocycles. The van der Waals surface area contributed by atoms with Gasteiger partial charge in [-0.25, -0.2) is 9.18 Å². The second kappa shape index (κ2) is 15.3. The molecule has 5 aromatic rings. The minimum Gasteiger partial charge on any atom is -0.494 e. The Balaban J connectivity index is 1.45. The van der Waals surface area contributed by atoms with Crippen LogP contribution in [0, 0.1) is 17.7 Å². The van der Waals surface area contributed by atoms with Crippen molar-refractivity contribution < 1.29 is 23.2 Å². The van der Waals surface area contributed by atoms with Gasteiger partial charge in [0, 0.05) is 29.6 Å². The molecule has 242 valence electrons. The molecule has 5 rings (SSSR count). The van der Waals surface area contributed by atoms with Crippen molar-refractivity contribution in [3.05, 3.63) is 159 Å².